The van der Waals surface area contributed by atoms with E-state index in [0.717, 1.165) is 25.7 Å². The molecule has 1 saturated heterocycles. The Kier molecular flexibility index (Phi) is 5.33. The van der Waals surface area contributed by atoms with Crippen molar-refractivity contribution in [2.24, 2.45) is 5.92 Å². The van der Waals surface area contributed by atoms with Crippen molar-refractivity contribution in [3.63, 3.8) is 0 Å². The fourth-order valence-corrected chi connectivity index (χ4v) is 3.54. The summed E-state index contributed by atoms with van der Waals surface area (Å²) in [7, 11) is 0. The molecule has 0 bridgehead atoms. The van der Waals surface area contributed by atoms with E-state index in [0.29, 0.717) is 44.2 Å². The molecule has 130 valence electrons. The first-order chi connectivity index (χ1) is 11.7. The van der Waals surface area contributed by atoms with Gasteiger partial charge in [-0.1, -0.05) is 12.8 Å². The molecule has 2 fully saturated rings. The smallest absolute Gasteiger partial charge is 0.259 e. The number of nitrogens with zero attached hydrogens (tertiary/aromatic N) is 3. The van der Waals surface area contributed by atoms with Crippen LogP contribution in [0.5, 0.6) is 5.88 Å². The van der Waals surface area contributed by atoms with Crippen LogP contribution in [0.15, 0.2) is 18.3 Å². The van der Waals surface area contributed by atoms with Gasteiger partial charge in [0.1, 0.15) is 5.56 Å². The van der Waals surface area contributed by atoms with Gasteiger partial charge in [0.2, 0.25) is 11.8 Å². The van der Waals surface area contributed by atoms with E-state index in [-0.39, 0.29) is 17.7 Å². The van der Waals surface area contributed by atoms with Gasteiger partial charge in [0.05, 0.1) is 6.61 Å². The van der Waals surface area contributed by atoms with Crippen molar-refractivity contribution in [3.8, 4) is 5.88 Å². The summed E-state index contributed by atoms with van der Waals surface area (Å²) in [6.45, 7) is 4.71. The first-order valence-corrected chi connectivity index (χ1v) is 8.86. The molecule has 0 N–H and O–H groups in total. The number of carbonyl (C=O) groups excluding carboxylic acids is 2. The lowest BCUT2D eigenvalue weighted by atomic mass is 10.1. The number of hydrogen-bond donors (Lipinski definition) is 0. The fraction of sp³-hybridized carbons (Fsp3) is 0.611. The molecule has 2 heterocycles. The van der Waals surface area contributed by atoms with Crippen molar-refractivity contribution in [1.29, 1.82) is 0 Å². The van der Waals surface area contributed by atoms with Crippen LogP contribution < -0.4 is 4.74 Å². The number of aromatic nitrogens is 1. The molecule has 1 aliphatic heterocycles. The van der Waals surface area contributed by atoms with Crippen LogP contribution in [-0.4, -0.2) is 59.4 Å². The molecule has 6 nitrogen and oxygen atoms in total. The molecule has 2 amide bonds. The van der Waals surface area contributed by atoms with Crippen LogP contribution in [0.25, 0.3) is 0 Å². The average Bonchev–Trinajstić information content (AvgIpc) is 3.16. The Labute approximate surface area is 142 Å². The lowest BCUT2D eigenvalue weighted by Crippen LogP contribution is -2.51. The topological polar surface area (TPSA) is 62.7 Å². The Morgan fingerprint density at radius 1 is 1.17 bits per heavy atom. The normalized spacial score (nSPS) is 18.7. The fourth-order valence-electron chi connectivity index (χ4n) is 3.54. The maximum absolute atomic E-state index is 12.7. The maximum atomic E-state index is 12.7. The highest BCUT2D eigenvalue weighted by Crippen LogP contribution is 2.27. The van der Waals surface area contributed by atoms with Crippen LogP contribution in [0, 0.1) is 5.92 Å². The Morgan fingerprint density at radius 2 is 1.83 bits per heavy atom. The van der Waals surface area contributed by atoms with Crippen LogP contribution in [0.1, 0.15) is 43.0 Å². The maximum Gasteiger partial charge on any atom is 0.259 e. The largest absolute Gasteiger partial charge is 0.477 e. The summed E-state index contributed by atoms with van der Waals surface area (Å²) >= 11 is 0. The number of hydrogen-bond acceptors (Lipinski definition) is 4. The van der Waals surface area contributed by atoms with Crippen molar-refractivity contribution in [2.45, 2.75) is 32.6 Å². The highest BCUT2D eigenvalue weighted by Gasteiger charge is 2.31. The number of amides is 2. The van der Waals surface area contributed by atoms with Crippen LogP contribution >= 0.6 is 0 Å². The molecule has 0 unspecified atom stereocenters. The van der Waals surface area contributed by atoms with Gasteiger partial charge in [-0.3, -0.25) is 9.59 Å². The zero-order valence-corrected chi connectivity index (χ0v) is 14.2. The molecule has 0 radical (unpaired) electrons. The van der Waals surface area contributed by atoms with Gasteiger partial charge < -0.3 is 14.5 Å². The quantitative estimate of drug-likeness (QED) is 0.846. The predicted molar refractivity (Wildman–Crippen MR) is 89.8 cm³/mol. The van der Waals surface area contributed by atoms with Gasteiger partial charge in [0, 0.05) is 38.3 Å². The number of pyridine rings is 1. The summed E-state index contributed by atoms with van der Waals surface area (Å²) in [6.07, 6.45) is 5.99. The molecule has 0 atom stereocenters. The monoisotopic (exact) mass is 331 g/mol. The standard InChI is InChI=1S/C18H25N3O3/c1-2-24-16-15(8-5-9-19-16)18(23)21-12-10-20(11-13-21)17(22)14-6-3-4-7-14/h5,8-9,14H,2-4,6-7,10-13H2,1H3. The van der Waals surface area contributed by atoms with E-state index >= 15 is 0 Å². The van der Waals surface area contributed by atoms with Crippen molar-refractivity contribution in [2.75, 3.05) is 32.8 Å². The SMILES string of the molecule is CCOc1ncccc1C(=O)N1CCN(C(=O)C2CCCC2)CC1. The van der Waals surface area contributed by atoms with Crippen LogP contribution in [0.3, 0.4) is 0 Å². The molecule has 0 spiro atoms. The minimum atomic E-state index is -0.0699. The lowest BCUT2D eigenvalue weighted by Gasteiger charge is -2.36. The Hall–Kier alpha value is -2.11. The summed E-state index contributed by atoms with van der Waals surface area (Å²) in [5.41, 5.74) is 0.495. The van der Waals surface area contributed by atoms with Crippen molar-refractivity contribution in [3.05, 3.63) is 23.9 Å². The third kappa shape index (κ3) is 3.52. The highest BCUT2D eigenvalue weighted by atomic mass is 16.5. The first-order valence-electron chi connectivity index (χ1n) is 8.86. The van der Waals surface area contributed by atoms with Crippen LogP contribution in [-0.2, 0) is 4.79 Å². The van der Waals surface area contributed by atoms with Gasteiger partial charge in [-0.15, -0.1) is 0 Å². The van der Waals surface area contributed by atoms with Crippen molar-refractivity contribution in [1.82, 2.24) is 14.8 Å². The molecular formula is C18H25N3O3. The van der Waals surface area contributed by atoms with E-state index in [1.807, 2.05) is 11.8 Å². The Morgan fingerprint density at radius 3 is 2.50 bits per heavy atom. The molecule has 1 saturated carbocycles. The summed E-state index contributed by atoms with van der Waals surface area (Å²) in [4.78, 5) is 33.1. The molecule has 24 heavy (non-hydrogen) atoms. The average molecular weight is 331 g/mol. The minimum Gasteiger partial charge on any atom is -0.477 e. The highest BCUT2D eigenvalue weighted by molar-refractivity contribution is 5.96. The Balaban J connectivity index is 1.60. The number of carbonyl (C=O) groups is 2. The molecular weight excluding hydrogens is 306 g/mol. The second kappa shape index (κ2) is 7.64. The predicted octanol–water partition coefficient (Wildman–Crippen LogP) is 1.95. The zero-order chi connectivity index (χ0) is 16.9. The van der Waals surface area contributed by atoms with Gasteiger partial charge >= 0.3 is 0 Å². The summed E-state index contributed by atoms with van der Waals surface area (Å²) in [5, 5.41) is 0. The van der Waals surface area contributed by atoms with Crippen LogP contribution in [0.4, 0.5) is 0 Å². The van der Waals surface area contributed by atoms with E-state index in [1.165, 1.54) is 0 Å². The molecule has 6 heteroatoms. The molecule has 1 aromatic rings. The first kappa shape index (κ1) is 16.7. The molecule has 0 aromatic carbocycles. The van der Waals surface area contributed by atoms with Gasteiger partial charge in [0.15, 0.2) is 0 Å². The molecule has 2 aliphatic rings. The van der Waals surface area contributed by atoms with Gasteiger partial charge in [-0.2, -0.15) is 0 Å². The van der Waals surface area contributed by atoms with Crippen LogP contribution in [0.2, 0.25) is 0 Å². The summed E-state index contributed by atoms with van der Waals surface area (Å²) < 4.78 is 5.45. The summed E-state index contributed by atoms with van der Waals surface area (Å²) in [6, 6.07) is 3.49. The van der Waals surface area contributed by atoms with Crippen molar-refractivity contribution < 1.29 is 14.3 Å². The molecule has 1 aromatic heterocycles. The van der Waals surface area contributed by atoms with E-state index in [4.69, 9.17) is 4.74 Å². The zero-order valence-electron chi connectivity index (χ0n) is 14.2. The summed E-state index contributed by atoms with van der Waals surface area (Å²) in [5.74, 6) is 0.792. The number of piperazine rings is 1. The van der Waals surface area contributed by atoms with E-state index in [1.54, 1.807) is 23.2 Å². The third-order valence-electron chi connectivity index (χ3n) is 4.87. The second-order valence-corrected chi connectivity index (χ2v) is 6.39. The van der Waals surface area contributed by atoms with E-state index in [9.17, 15) is 9.59 Å². The minimum absolute atomic E-state index is 0.0699. The van der Waals surface area contributed by atoms with Gasteiger partial charge in [-0.25, -0.2) is 4.98 Å². The van der Waals surface area contributed by atoms with E-state index in [2.05, 4.69) is 4.98 Å². The van der Waals surface area contributed by atoms with Gasteiger partial charge in [0.25, 0.3) is 5.91 Å². The van der Waals surface area contributed by atoms with Gasteiger partial charge in [-0.05, 0) is 31.9 Å². The lowest BCUT2D eigenvalue weighted by molar-refractivity contribution is -0.136. The van der Waals surface area contributed by atoms with E-state index < -0.39 is 0 Å². The van der Waals surface area contributed by atoms with Crippen molar-refractivity contribution >= 4 is 11.8 Å². The third-order valence-corrected chi connectivity index (χ3v) is 4.87. The number of ether oxygens (including phenoxy) is 1. The Bertz CT molecular complexity index is 591. The molecule has 1 aliphatic carbocycles. The molecule has 3 rings (SSSR count). The second-order valence-electron chi connectivity index (χ2n) is 6.39. The number of rotatable bonds is 4.